The summed E-state index contributed by atoms with van der Waals surface area (Å²) in [6.45, 7) is 4.15. The smallest absolute Gasteiger partial charge is 0.391 e. The number of hydrogen-bond donors (Lipinski definition) is 4. The van der Waals surface area contributed by atoms with Crippen LogP contribution in [0.1, 0.15) is 264 Å². The average Bonchev–Trinajstić information content (AvgIpc) is 3.13. The van der Waals surface area contributed by atoms with Crippen LogP contribution in [0.4, 0.5) is 0 Å². The van der Waals surface area contributed by atoms with Gasteiger partial charge >= 0.3 is 7.82 Å². The molecule has 0 aliphatic heterocycles. The molecule has 53 heavy (non-hydrogen) atoms. The molecule has 0 saturated heterocycles. The summed E-state index contributed by atoms with van der Waals surface area (Å²) in [6.07, 6.45) is 48.2. The summed E-state index contributed by atoms with van der Waals surface area (Å²) in [6, 6.07) is -0.818. The number of hydrogen-bond acceptors (Lipinski definition) is 4. The van der Waals surface area contributed by atoms with Crippen LogP contribution in [0.25, 0.3) is 0 Å². The summed E-state index contributed by atoms with van der Waals surface area (Å²) < 4.78 is 16.0. The van der Waals surface area contributed by atoms with Gasteiger partial charge in [-0.25, -0.2) is 4.57 Å². The first-order valence-corrected chi connectivity index (χ1v) is 25.0. The highest BCUT2D eigenvalue weighted by Crippen LogP contribution is 2.36. The van der Waals surface area contributed by atoms with E-state index in [4.69, 9.17) is 0 Å². The van der Waals surface area contributed by atoms with Crippen LogP contribution in [0, 0.1) is 0 Å². The van der Waals surface area contributed by atoms with Gasteiger partial charge in [0.15, 0.2) is 0 Å². The number of carbonyl (C=O) groups excluding carboxylic acids is 1. The second-order valence-electron chi connectivity index (χ2n) is 16.4. The molecular formula is C45H92NO6P. The molecule has 0 spiro atoms. The summed E-state index contributed by atoms with van der Waals surface area (Å²) in [5, 5.41) is 13.5. The van der Waals surface area contributed by atoms with Crippen molar-refractivity contribution in [3.63, 3.8) is 0 Å². The van der Waals surface area contributed by atoms with Gasteiger partial charge in [-0.05, 0) is 12.8 Å². The van der Waals surface area contributed by atoms with E-state index in [1.165, 1.54) is 199 Å². The third-order valence-corrected chi connectivity index (χ3v) is 11.6. The Balaban J connectivity index is 3.75. The SMILES string of the molecule is CCCCCCCCCCCCCCCCCCCCCCCCCCC(=O)N[C@@H](COP(=O)(O)O)[C@H](O)CCCCCCCCCCCCCCC. The van der Waals surface area contributed by atoms with E-state index < -0.39 is 26.6 Å². The van der Waals surface area contributed by atoms with E-state index >= 15 is 0 Å². The van der Waals surface area contributed by atoms with Gasteiger partial charge in [0, 0.05) is 6.42 Å². The van der Waals surface area contributed by atoms with Gasteiger partial charge in [0.2, 0.25) is 5.91 Å². The number of phosphoric acid groups is 1. The average molecular weight is 774 g/mol. The molecule has 0 aromatic carbocycles. The molecule has 0 rings (SSSR count). The minimum Gasteiger partial charge on any atom is -0.391 e. The Bertz CT molecular complexity index is 793. The largest absolute Gasteiger partial charge is 0.469 e. The van der Waals surface area contributed by atoms with Crippen molar-refractivity contribution in [2.75, 3.05) is 6.61 Å². The predicted molar refractivity (Wildman–Crippen MR) is 227 cm³/mol. The fourth-order valence-electron chi connectivity index (χ4n) is 7.53. The molecule has 1 amide bonds. The van der Waals surface area contributed by atoms with Gasteiger partial charge in [-0.1, -0.05) is 245 Å². The fourth-order valence-corrected chi connectivity index (χ4v) is 7.88. The molecule has 2 atom stereocenters. The molecule has 0 radical (unpaired) electrons. The summed E-state index contributed by atoms with van der Waals surface area (Å²) in [7, 11) is -4.69. The predicted octanol–water partition coefficient (Wildman–Crippen LogP) is 14.2. The van der Waals surface area contributed by atoms with Crippen LogP contribution in [0.15, 0.2) is 0 Å². The Morgan fingerprint density at radius 2 is 0.736 bits per heavy atom. The summed E-state index contributed by atoms with van der Waals surface area (Å²) in [5.41, 5.74) is 0. The first kappa shape index (κ1) is 52.5. The Kier molecular flexibility index (Phi) is 40.8. The van der Waals surface area contributed by atoms with Crippen molar-refractivity contribution < 1.29 is 28.8 Å². The van der Waals surface area contributed by atoms with Crippen molar-refractivity contribution in [2.45, 2.75) is 276 Å². The van der Waals surface area contributed by atoms with E-state index in [0.29, 0.717) is 12.8 Å². The number of unbranched alkanes of at least 4 members (excludes halogenated alkanes) is 35. The quantitative estimate of drug-likeness (QED) is 0.0362. The van der Waals surface area contributed by atoms with Crippen molar-refractivity contribution >= 4 is 13.7 Å². The molecule has 7 nitrogen and oxygen atoms in total. The van der Waals surface area contributed by atoms with E-state index in [1.807, 2.05) is 0 Å². The topological polar surface area (TPSA) is 116 Å². The molecule has 0 aliphatic rings. The number of amides is 1. The number of carbonyl (C=O) groups is 1. The van der Waals surface area contributed by atoms with Crippen molar-refractivity contribution in [3.05, 3.63) is 0 Å². The number of aliphatic hydroxyl groups is 1. The third kappa shape index (κ3) is 42.5. The highest BCUT2D eigenvalue weighted by molar-refractivity contribution is 7.46. The normalized spacial score (nSPS) is 13.1. The van der Waals surface area contributed by atoms with Gasteiger partial charge in [0.1, 0.15) is 0 Å². The van der Waals surface area contributed by atoms with Crippen LogP contribution in [-0.4, -0.2) is 39.6 Å². The number of phosphoric ester groups is 1. The molecule has 0 aromatic heterocycles. The van der Waals surface area contributed by atoms with Crippen molar-refractivity contribution in [1.82, 2.24) is 5.32 Å². The lowest BCUT2D eigenvalue weighted by atomic mass is 10.0. The van der Waals surface area contributed by atoms with Crippen LogP contribution in [0.5, 0.6) is 0 Å². The van der Waals surface area contributed by atoms with E-state index in [0.717, 1.165) is 38.5 Å². The Labute approximate surface area is 330 Å². The van der Waals surface area contributed by atoms with Gasteiger partial charge in [-0.15, -0.1) is 0 Å². The summed E-state index contributed by atoms with van der Waals surface area (Å²) in [5.74, 6) is -0.187. The van der Waals surface area contributed by atoms with E-state index in [9.17, 15) is 24.3 Å². The number of nitrogens with one attached hydrogen (secondary N) is 1. The zero-order valence-corrected chi connectivity index (χ0v) is 36.3. The highest BCUT2D eigenvalue weighted by atomic mass is 31.2. The lowest BCUT2D eigenvalue weighted by Crippen LogP contribution is -2.46. The molecular weight excluding hydrogens is 681 g/mol. The van der Waals surface area contributed by atoms with Crippen LogP contribution in [0.2, 0.25) is 0 Å². The number of rotatable bonds is 44. The molecule has 318 valence electrons. The molecule has 0 heterocycles. The molecule has 0 aromatic rings. The number of aliphatic hydroxyl groups excluding tert-OH is 1. The van der Waals surface area contributed by atoms with Gasteiger partial charge < -0.3 is 20.2 Å². The van der Waals surface area contributed by atoms with Crippen LogP contribution >= 0.6 is 7.82 Å². The fraction of sp³-hybridized carbons (Fsp3) is 0.978. The first-order valence-electron chi connectivity index (χ1n) is 23.5. The van der Waals surface area contributed by atoms with Crippen molar-refractivity contribution in [2.24, 2.45) is 0 Å². The minimum absolute atomic E-state index is 0.187. The highest BCUT2D eigenvalue weighted by Gasteiger charge is 2.25. The van der Waals surface area contributed by atoms with Crippen LogP contribution < -0.4 is 5.32 Å². The standard InChI is InChI=1S/C45H92NO6P/c1-3-5-7-9-11-13-15-17-18-19-20-21-22-23-24-25-26-27-29-31-33-35-37-39-41-45(48)46-43(42-52-53(49,50)51)44(47)40-38-36-34-32-30-28-16-14-12-10-8-6-4-2/h43-44,47H,3-42H2,1-2H3,(H,46,48)(H2,49,50,51)/t43-,44+/m0/s1. The van der Waals surface area contributed by atoms with Gasteiger partial charge in [-0.3, -0.25) is 9.32 Å². The lowest BCUT2D eigenvalue weighted by molar-refractivity contribution is -0.123. The zero-order valence-electron chi connectivity index (χ0n) is 35.5. The van der Waals surface area contributed by atoms with Crippen LogP contribution in [-0.2, 0) is 13.9 Å². The minimum atomic E-state index is -4.69. The van der Waals surface area contributed by atoms with Gasteiger partial charge in [0.25, 0.3) is 0 Å². The molecule has 0 unspecified atom stereocenters. The second kappa shape index (κ2) is 41.2. The monoisotopic (exact) mass is 774 g/mol. The molecule has 0 fully saturated rings. The summed E-state index contributed by atoms with van der Waals surface area (Å²) >= 11 is 0. The van der Waals surface area contributed by atoms with Crippen molar-refractivity contribution in [3.8, 4) is 0 Å². The molecule has 0 aliphatic carbocycles. The van der Waals surface area contributed by atoms with E-state index in [1.54, 1.807) is 0 Å². The summed E-state index contributed by atoms with van der Waals surface area (Å²) in [4.78, 5) is 31.0. The maximum Gasteiger partial charge on any atom is 0.469 e. The van der Waals surface area contributed by atoms with Gasteiger partial charge in [0.05, 0.1) is 18.8 Å². The van der Waals surface area contributed by atoms with Gasteiger partial charge in [-0.2, -0.15) is 0 Å². The first-order chi connectivity index (χ1) is 25.8. The Morgan fingerprint density at radius 1 is 0.472 bits per heavy atom. The molecule has 8 heteroatoms. The van der Waals surface area contributed by atoms with E-state index in [-0.39, 0.29) is 5.91 Å². The maximum absolute atomic E-state index is 12.6. The molecule has 0 bridgehead atoms. The second-order valence-corrected chi connectivity index (χ2v) is 17.7. The molecule has 4 N–H and O–H groups in total. The molecule has 0 saturated carbocycles. The lowest BCUT2D eigenvalue weighted by Gasteiger charge is -2.24. The van der Waals surface area contributed by atoms with Crippen molar-refractivity contribution in [1.29, 1.82) is 0 Å². The Hall–Kier alpha value is -0.460. The van der Waals surface area contributed by atoms with Crippen LogP contribution in [0.3, 0.4) is 0 Å². The third-order valence-electron chi connectivity index (χ3n) is 11.1. The zero-order chi connectivity index (χ0) is 38.9. The maximum atomic E-state index is 12.6. The Morgan fingerprint density at radius 3 is 1.02 bits per heavy atom. The van der Waals surface area contributed by atoms with E-state index in [2.05, 4.69) is 23.7 Å².